The first-order valence-electron chi connectivity index (χ1n) is 8.84. The molecule has 3 rings (SSSR count). The zero-order valence-electron chi connectivity index (χ0n) is 15.7. The quantitative estimate of drug-likeness (QED) is 0.703. The Balaban J connectivity index is 1.66. The van der Waals surface area contributed by atoms with Crippen molar-refractivity contribution in [1.29, 1.82) is 0 Å². The molecule has 2 aromatic carbocycles. The second-order valence-corrected chi connectivity index (χ2v) is 6.58. The van der Waals surface area contributed by atoms with Crippen LogP contribution < -0.4 is 5.32 Å². The lowest BCUT2D eigenvalue weighted by molar-refractivity contribution is -0.129. The first-order valence-corrected chi connectivity index (χ1v) is 8.84. The number of ether oxygens (including phenoxy) is 1. The van der Waals surface area contributed by atoms with Crippen LogP contribution in [0.25, 0.3) is 10.9 Å². The van der Waals surface area contributed by atoms with Crippen LogP contribution >= 0.6 is 0 Å². The molecule has 0 bridgehead atoms. The Morgan fingerprint density at radius 3 is 2.52 bits per heavy atom. The normalized spacial score (nSPS) is 11.8. The Kier molecular flexibility index (Phi) is 5.50. The van der Waals surface area contributed by atoms with Gasteiger partial charge in [0.1, 0.15) is 0 Å². The van der Waals surface area contributed by atoms with E-state index in [1.807, 2.05) is 62.4 Å². The van der Waals surface area contributed by atoms with E-state index < -0.39 is 12.1 Å². The second-order valence-electron chi connectivity index (χ2n) is 6.58. The van der Waals surface area contributed by atoms with Gasteiger partial charge >= 0.3 is 5.97 Å². The van der Waals surface area contributed by atoms with Crippen molar-refractivity contribution in [3.63, 3.8) is 0 Å². The number of hydrogen-bond donors (Lipinski definition) is 1. The van der Waals surface area contributed by atoms with Gasteiger partial charge in [0.15, 0.2) is 6.10 Å². The van der Waals surface area contributed by atoms with Crippen molar-refractivity contribution in [2.75, 3.05) is 0 Å². The van der Waals surface area contributed by atoms with E-state index >= 15 is 0 Å². The van der Waals surface area contributed by atoms with Crippen LogP contribution in [0, 0.1) is 13.8 Å². The van der Waals surface area contributed by atoms with Crippen molar-refractivity contribution in [2.45, 2.75) is 33.4 Å². The maximum atomic E-state index is 12.6. The van der Waals surface area contributed by atoms with Crippen molar-refractivity contribution >= 4 is 22.8 Å². The Labute approximate surface area is 158 Å². The van der Waals surface area contributed by atoms with Gasteiger partial charge in [-0.2, -0.15) is 0 Å². The third-order valence-corrected chi connectivity index (χ3v) is 4.30. The molecule has 1 heterocycles. The molecule has 1 N–H and O–H groups in total. The van der Waals surface area contributed by atoms with Crippen LogP contribution in [0.5, 0.6) is 0 Å². The number of amides is 1. The van der Waals surface area contributed by atoms with E-state index in [9.17, 15) is 9.59 Å². The molecular formula is C22H22N2O3. The third kappa shape index (κ3) is 4.50. The number of aryl methyl sites for hydroxylation is 2. The number of esters is 1. The van der Waals surface area contributed by atoms with Crippen LogP contribution in [-0.2, 0) is 16.1 Å². The summed E-state index contributed by atoms with van der Waals surface area (Å²) in [7, 11) is 0. The zero-order chi connectivity index (χ0) is 19.4. The maximum absolute atomic E-state index is 12.6. The van der Waals surface area contributed by atoms with Gasteiger partial charge in [-0.1, -0.05) is 48.0 Å². The number of benzene rings is 2. The van der Waals surface area contributed by atoms with E-state index in [2.05, 4.69) is 10.3 Å². The number of fused-ring (bicyclic) bond motifs is 1. The first-order chi connectivity index (χ1) is 12.9. The van der Waals surface area contributed by atoms with E-state index in [0.717, 1.165) is 22.3 Å². The minimum absolute atomic E-state index is 0.334. The first kappa shape index (κ1) is 18.6. The predicted molar refractivity (Wildman–Crippen MR) is 104 cm³/mol. The molecule has 5 nitrogen and oxygen atoms in total. The molecule has 1 atom stereocenters. The average Bonchev–Trinajstić information content (AvgIpc) is 2.66. The fraction of sp³-hybridized carbons (Fsp3) is 0.227. The fourth-order valence-corrected chi connectivity index (χ4v) is 2.79. The van der Waals surface area contributed by atoms with Crippen LogP contribution in [-0.4, -0.2) is 23.0 Å². The monoisotopic (exact) mass is 362 g/mol. The summed E-state index contributed by atoms with van der Waals surface area (Å²) in [5, 5.41) is 3.50. The standard InChI is InChI=1S/C22H22N2O3/c1-14-8-10-17(11-9-14)13-23-21(25)16(3)27-22(26)19-12-15(2)24-20-7-5-4-6-18(19)20/h4-12,16H,13H2,1-3H3,(H,23,25)/t16-/m0/s1. The Hall–Kier alpha value is -3.21. The molecule has 1 aromatic heterocycles. The summed E-state index contributed by atoms with van der Waals surface area (Å²) < 4.78 is 5.39. The number of pyridine rings is 1. The number of hydrogen-bond acceptors (Lipinski definition) is 4. The molecule has 1 amide bonds. The van der Waals surface area contributed by atoms with Crippen LogP contribution in [0.1, 0.15) is 34.1 Å². The summed E-state index contributed by atoms with van der Waals surface area (Å²) in [6, 6.07) is 16.9. The molecule has 0 aliphatic rings. The molecule has 5 heteroatoms. The lowest BCUT2D eigenvalue weighted by Gasteiger charge is -2.15. The highest BCUT2D eigenvalue weighted by Gasteiger charge is 2.20. The van der Waals surface area contributed by atoms with Crippen LogP contribution in [0.3, 0.4) is 0 Å². The third-order valence-electron chi connectivity index (χ3n) is 4.30. The fourth-order valence-electron chi connectivity index (χ4n) is 2.79. The van der Waals surface area contributed by atoms with Crippen LogP contribution in [0.4, 0.5) is 0 Å². The smallest absolute Gasteiger partial charge is 0.339 e. The Morgan fingerprint density at radius 1 is 1.07 bits per heavy atom. The predicted octanol–water partition coefficient (Wildman–Crippen LogP) is 3.71. The summed E-state index contributed by atoms with van der Waals surface area (Å²) in [5.41, 5.74) is 4.00. The van der Waals surface area contributed by atoms with Gasteiger partial charge in [0.25, 0.3) is 5.91 Å². The maximum Gasteiger partial charge on any atom is 0.339 e. The molecule has 0 unspecified atom stereocenters. The molecule has 0 radical (unpaired) electrons. The van der Waals surface area contributed by atoms with Crippen molar-refractivity contribution in [1.82, 2.24) is 10.3 Å². The molecule has 0 spiro atoms. The van der Waals surface area contributed by atoms with Crippen molar-refractivity contribution < 1.29 is 14.3 Å². The summed E-state index contributed by atoms with van der Waals surface area (Å²) in [6.45, 7) is 5.78. The molecule has 0 aliphatic carbocycles. The Bertz CT molecular complexity index is 981. The van der Waals surface area contributed by atoms with Gasteiger partial charge < -0.3 is 10.1 Å². The largest absolute Gasteiger partial charge is 0.449 e. The van der Waals surface area contributed by atoms with Crippen LogP contribution in [0.15, 0.2) is 54.6 Å². The van der Waals surface area contributed by atoms with E-state index in [0.29, 0.717) is 17.5 Å². The molecular weight excluding hydrogens is 340 g/mol. The average molecular weight is 362 g/mol. The molecule has 27 heavy (non-hydrogen) atoms. The number of para-hydroxylation sites is 1. The number of nitrogens with one attached hydrogen (secondary N) is 1. The van der Waals surface area contributed by atoms with Gasteiger partial charge in [-0.05, 0) is 38.5 Å². The van der Waals surface area contributed by atoms with Crippen molar-refractivity contribution in [2.24, 2.45) is 0 Å². The van der Waals surface area contributed by atoms with Crippen molar-refractivity contribution in [3.8, 4) is 0 Å². The van der Waals surface area contributed by atoms with Gasteiger partial charge in [0, 0.05) is 17.6 Å². The molecule has 0 fully saturated rings. The second kappa shape index (κ2) is 7.99. The lowest BCUT2D eigenvalue weighted by Crippen LogP contribution is -2.35. The minimum atomic E-state index is -0.893. The molecule has 138 valence electrons. The van der Waals surface area contributed by atoms with Gasteiger partial charge in [-0.25, -0.2) is 4.79 Å². The highest BCUT2D eigenvalue weighted by molar-refractivity contribution is 6.04. The highest BCUT2D eigenvalue weighted by atomic mass is 16.5. The lowest BCUT2D eigenvalue weighted by atomic mass is 10.1. The van der Waals surface area contributed by atoms with Gasteiger partial charge in [-0.3, -0.25) is 9.78 Å². The minimum Gasteiger partial charge on any atom is -0.449 e. The van der Waals surface area contributed by atoms with Gasteiger partial charge in [0.05, 0.1) is 11.1 Å². The van der Waals surface area contributed by atoms with Gasteiger partial charge in [-0.15, -0.1) is 0 Å². The van der Waals surface area contributed by atoms with E-state index in [4.69, 9.17) is 4.74 Å². The van der Waals surface area contributed by atoms with E-state index in [1.54, 1.807) is 13.0 Å². The number of rotatable bonds is 5. The topological polar surface area (TPSA) is 68.3 Å². The van der Waals surface area contributed by atoms with Crippen molar-refractivity contribution in [3.05, 3.63) is 77.0 Å². The Morgan fingerprint density at radius 2 is 1.78 bits per heavy atom. The summed E-state index contributed by atoms with van der Waals surface area (Å²) >= 11 is 0. The molecule has 0 aliphatic heterocycles. The van der Waals surface area contributed by atoms with Crippen LogP contribution in [0.2, 0.25) is 0 Å². The molecule has 0 saturated carbocycles. The van der Waals surface area contributed by atoms with E-state index in [-0.39, 0.29) is 5.91 Å². The number of aromatic nitrogens is 1. The summed E-state index contributed by atoms with van der Waals surface area (Å²) in [4.78, 5) is 29.3. The molecule has 0 saturated heterocycles. The zero-order valence-corrected chi connectivity index (χ0v) is 15.7. The SMILES string of the molecule is Cc1ccc(CNC(=O)[C@H](C)OC(=O)c2cc(C)nc3ccccc23)cc1. The molecule has 3 aromatic rings. The number of nitrogens with zero attached hydrogens (tertiary/aromatic N) is 1. The highest BCUT2D eigenvalue weighted by Crippen LogP contribution is 2.19. The number of carbonyl (C=O) groups excluding carboxylic acids is 2. The summed E-state index contributed by atoms with van der Waals surface area (Å²) in [5.74, 6) is -0.867. The van der Waals surface area contributed by atoms with E-state index in [1.165, 1.54) is 0 Å². The summed E-state index contributed by atoms with van der Waals surface area (Å²) in [6.07, 6.45) is -0.893. The van der Waals surface area contributed by atoms with Gasteiger partial charge in [0.2, 0.25) is 0 Å². The number of carbonyl (C=O) groups is 2.